The number of rotatable bonds is 6. The summed E-state index contributed by atoms with van der Waals surface area (Å²) in [6.07, 6.45) is 0. The van der Waals surface area contributed by atoms with Crippen molar-refractivity contribution in [1.82, 2.24) is 10.2 Å². The number of halogens is 1. The number of amides is 1. The van der Waals surface area contributed by atoms with Crippen molar-refractivity contribution in [2.24, 2.45) is 0 Å². The molecule has 0 heterocycles. The van der Waals surface area contributed by atoms with Crippen LogP contribution in [0.25, 0.3) is 0 Å². The van der Waals surface area contributed by atoms with Crippen LogP contribution in [0, 0.1) is 0 Å². The fraction of sp³-hybridized carbons (Fsp3) is 0.133. The van der Waals surface area contributed by atoms with Crippen molar-refractivity contribution in [3.8, 4) is 11.5 Å². The maximum atomic E-state index is 11.8. The first-order chi connectivity index (χ1) is 9.79. The van der Waals surface area contributed by atoms with Crippen molar-refractivity contribution in [3.63, 3.8) is 0 Å². The molecule has 1 amide bonds. The Kier molecular flexibility index (Phi) is 5.41. The Balaban J connectivity index is 1.94. The Morgan fingerprint density at radius 1 is 0.950 bits per heavy atom. The Morgan fingerprint density at radius 3 is 2.25 bits per heavy atom. The Morgan fingerprint density at radius 2 is 1.60 bits per heavy atom. The second-order valence-corrected chi connectivity index (χ2v) is 4.35. The van der Waals surface area contributed by atoms with Crippen LogP contribution in [0.3, 0.4) is 0 Å². The maximum absolute atomic E-state index is 11.8. The molecule has 0 atom stereocenters. The monoisotopic (exact) mass is 290 g/mol. The van der Waals surface area contributed by atoms with Gasteiger partial charge in [0.1, 0.15) is 11.5 Å². The Hall–Kier alpha value is -2.04. The smallest absolute Gasteiger partial charge is 0.251 e. The lowest BCUT2D eigenvalue weighted by Gasteiger charge is -2.07. The third kappa shape index (κ3) is 4.26. The minimum atomic E-state index is -0.136. The zero-order chi connectivity index (χ0) is 14.2. The van der Waals surface area contributed by atoms with Gasteiger partial charge in [0.05, 0.1) is 0 Å². The normalized spacial score (nSPS) is 10.1. The minimum Gasteiger partial charge on any atom is -0.457 e. The first kappa shape index (κ1) is 14.4. The van der Waals surface area contributed by atoms with Gasteiger partial charge in [0.2, 0.25) is 0 Å². The van der Waals surface area contributed by atoms with E-state index in [1.807, 2.05) is 30.3 Å². The molecule has 104 valence electrons. The summed E-state index contributed by atoms with van der Waals surface area (Å²) in [5, 5.41) is 2.74. The van der Waals surface area contributed by atoms with Gasteiger partial charge in [0.25, 0.3) is 5.91 Å². The van der Waals surface area contributed by atoms with Gasteiger partial charge in [-0.3, -0.25) is 4.79 Å². The van der Waals surface area contributed by atoms with E-state index in [2.05, 4.69) is 10.2 Å². The van der Waals surface area contributed by atoms with Crippen LogP contribution < -0.4 is 14.9 Å². The summed E-state index contributed by atoms with van der Waals surface area (Å²) in [7, 11) is 0. The van der Waals surface area contributed by atoms with Crippen LogP contribution in [-0.4, -0.2) is 19.0 Å². The predicted molar refractivity (Wildman–Crippen MR) is 79.1 cm³/mol. The molecule has 4 nitrogen and oxygen atoms in total. The minimum absolute atomic E-state index is 0.136. The molecular formula is C15H15ClN2O2. The summed E-state index contributed by atoms with van der Waals surface area (Å²) in [6, 6.07) is 16.5. The number of carbonyl (C=O) groups excluding carboxylic acids is 1. The lowest BCUT2D eigenvalue weighted by Crippen LogP contribution is -2.29. The van der Waals surface area contributed by atoms with Gasteiger partial charge in [-0.1, -0.05) is 18.2 Å². The van der Waals surface area contributed by atoms with Crippen LogP contribution >= 0.6 is 11.8 Å². The summed E-state index contributed by atoms with van der Waals surface area (Å²) in [5.41, 5.74) is 0.583. The first-order valence-electron chi connectivity index (χ1n) is 6.24. The molecule has 0 aliphatic heterocycles. The number of carbonyl (C=O) groups is 1. The molecule has 2 aromatic rings. The molecule has 2 aromatic carbocycles. The third-order valence-corrected chi connectivity index (χ3v) is 2.79. The van der Waals surface area contributed by atoms with E-state index >= 15 is 0 Å². The van der Waals surface area contributed by atoms with Crippen LogP contribution in [0.4, 0.5) is 0 Å². The second kappa shape index (κ2) is 7.53. The highest BCUT2D eigenvalue weighted by Crippen LogP contribution is 2.20. The zero-order valence-corrected chi connectivity index (χ0v) is 11.6. The molecule has 2 rings (SSSR count). The zero-order valence-electron chi connectivity index (χ0n) is 10.8. The molecule has 0 fully saturated rings. The van der Waals surface area contributed by atoms with Gasteiger partial charge < -0.3 is 10.1 Å². The van der Waals surface area contributed by atoms with Crippen molar-refractivity contribution in [2.45, 2.75) is 0 Å². The van der Waals surface area contributed by atoms with Crippen molar-refractivity contribution >= 4 is 17.7 Å². The molecule has 0 unspecified atom stereocenters. The van der Waals surface area contributed by atoms with Crippen molar-refractivity contribution in [3.05, 3.63) is 60.2 Å². The van der Waals surface area contributed by atoms with E-state index in [0.717, 1.165) is 5.75 Å². The SMILES string of the molecule is O=C(NCCNCl)c1ccc(Oc2ccccc2)cc1. The van der Waals surface area contributed by atoms with Gasteiger partial charge in [-0.05, 0) is 48.2 Å². The molecular weight excluding hydrogens is 276 g/mol. The van der Waals surface area contributed by atoms with Crippen molar-refractivity contribution < 1.29 is 9.53 Å². The van der Waals surface area contributed by atoms with Gasteiger partial charge in [-0.2, -0.15) is 0 Å². The van der Waals surface area contributed by atoms with Gasteiger partial charge in [0, 0.05) is 18.7 Å². The number of hydrogen-bond acceptors (Lipinski definition) is 3. The largest absolute Gasteiger partial charge is 0.457 e. The number of nitrogens with one attached hydrogen (secondary N) is 2. The second-order valence-electron chi connectivity index (χ2n) is 4.08. The van der Waals surface area contributed by atoms with Gasteiger partial charge in [-0.15, -0.1) is 0 Å². The average Bonchev–Trinajstić information content (AvgIpc) is 2.49. The van der Waals surface area contributed by atoms with Crippen LogP contribution in [0.1, 0.15) is 10.4 Å². The van der Waals surface area contributed by atoms with Gasteiger partial charge >= 0.3 is 0 Å². The summed E-state index contributed by atoms with van der Waals surface area (Å²) >= 11 is 5.31. The summed E-state index contributed by atoms with van der Waals surface area (Å²) in [6.45, 7) is 0.993. The van der Waals surface area contributed by atoms with E-state index < -0.39 is 0 Å². The van der Waals surface area contributed by atoms with Crippen LogP contribution in [-0.2, 0) is 0 Å². The van der Waals surface area contributed by atoms with Crippen molar-refractivity contribution in [1.29, 1.82) is 0 Å². The Bertz CT molecular complexity index is 544. The molecule has 5 heteroatoms. The van der Waals surface area contributed by atoms with E-state index in [4.69, 9.17) is 16.5 Å². The van der Waals surface area contributed by atoms with Gasteiger partial charge in [-0.25, -0.2) is 4.84 Å². The van der Waals surface area contributed by atoms with E-state index in [1.165, 1.54) is 0 Å². The predicted octanol–water partition coefficient (Wildman–Crippen LogP) is 2.95. The molecule has 0 saturated carbocycles. The lowest BCUT2D eigenvalue weighted by molar-refractivity contribution is 0.0954. The fourth-order valence-corrected chi connectivity index (χ4v) is 1.72. The maximum Gasteiger partial charge on any atom is 0.251 e. The highest BCUT2D eigenvalue weighted by atomic mass is 35.5. The number of benzene rings is 2. The standard InChI is InChI=1S/C15H15ClN2O2/c16-18-11-10-17-15(19)12-6-8-14(9-7-12)20-13-4-2-1-3-5-13/h1-9,18H,10-11H2,(H,17,19). The molecule has 2 N–H and O–H groups in total. The number of para-hydroxylation sites is 1. The van der Waals surface area contributed by atoms with E-state index in [1.54, 1.807) is 24.3 Å². The molecule has 0 aliphatic carbocycles. The quantitative estimate of drug-likeness (QED) is 0.635. The third-order valence-electron chi connectivity index (χ3n) is 2.60. The first-order valence-corrected chi connectivity index (χ1v) is 6.62. The fourth-order valence-electron chi connectivity index (χ4n) is 1.62. The summed E-state index contributed by atoms with van der Waals surface area (Å²) in [4.78, 5) is 14.2. The molecule has 0 aromatic heterocycles. The molecule has 0 radical (unpaired) electrons. The Labute approximate surface area is 122 Å². The number of ether oxygens (including phenoxy) is 1. The van der Waals surface area contributed by atoms with E-state index in [0.29, 0.717) is 24.4 Å². The van der Waals surface area contributed by atoms with E-state index in [-0.39, 0.29) is 5.91 Å². The topological polar surface area (TPSA) is 50.4 Å². The van der Waals surface area contributed by atoms with Crippen molar-refractivity contribution in [2.75, 3.05) is 13.1 Å². The molecule has 0 aliphatic rings. The molecule has 0 saturated heterocycles. The highest BCUT2D eigenvalue weighted by Gasteiger charge is 2.05. The highest BCUT2D eigenvalue weighted by molar-refractivity contribution is 6.13. The number of hydrogen-bond donors (Lipinski definition) is 2. The van der Waals surface area contributed by atoms with Crippen LogP contribution in [0.2, 0.25) is 0 Å². The van der Waals surface area contributed by atoms with Gasteiger partial charge in [0.15, 0.2) is 0 Å². The van der Waals surface area contributed by atoms with Crippen LogP contribution in [0.5, 0.6) is 11.5 Å². The molecule has 0 spiro atoms. The summed E-state index contributed by atoms with van der Waals surface area (Å²) in [5.74, 6) is 1.32. The molecule has 20 heavy (non-hydrogen) atoms. The average molecular weight is 291 g/mol. The summed E-state index contributed by atoms with van der Waals surface area (Å²) < 4.78 is 5.65. The lowest BCUT2D eigenvalue weighted by atomic mass is 10.2. The van der Waals surface area contributed by atoms with E-state index in [9.17, 15) is 4.79 Å². The molecule has 0 bridgehead atoms. The van der Waals surface area contributed by atoms with Crippen LogP contribution in [0.15, 0.2) is 54.6 Å².